The van der Waals surface area contributed by atoms with E-state index in [1.807, 2.05) is 6.92 Å². The average molecular weight is 236 g/mol. The molecule has 0 saturated carbocycles. The van der Waals surface area contributed by atoms with Crippen LogP contribution < -0.4 is 11.1 Å². The topological polar surface area (TPSA) is 73.1 Å². The summed E-state index contributed by atoms with van der Waals surface area (Å²) in [5.41, 5.74) is 8.07. The molecule has 0 aromatic carbocycles. The number of hydrogen-bond acceptors (Lipinski definition) is 5. The molecule has 1 aliphatic carbocycles. The number of fused-ring (bicyclic) bond motifs is 1. The maximum Gasteiger partial charge on any atom is 0.222 e. The summed E-state index contributed by atoms with van der Waals surface area (Å²) in [6.07, 6.45) is 4.47. The van der Waals surface area contributed by atoms with Crippen LogP contribution in [0.4, 0.5) is 11.8 Å². The number of hydrogen-bond donors (Lipinski definition) is 2. The van der Waals surface area contributed by atoms with Gasteiger partial charge in [-0.3, -0.25) is 0 Å². The van der Waals surface area contributed by atoms with Crippen molar-refractivity contribution in [3.8, 4) is 0 Å². The molecule has 1 aliphatic rings. The molecule has 1 heterocycles. The smallest absolute Gasteiger partial charge is 0.222 e. The van der Waals surface area contributed by atoms with Crippen LogP contribution in [0.25, 0.3) is 0 Å². The van der Waals surface area contributed by atoms with Gasteiger partial charge in [0.2, 0.25) is 5.95 Å². The molecule has 3 N–H and O–H groups in total. The van der Waals surface area contributed by atoms with Crippen molar-refractivity contribution in [2.45, 2.75) is 32.6 Å². The Balaban J connectivity index is 2.07. The Morgan fingerprint density at radius 3 is 2.94 bits per heavy atom. The second-order valence-corrected chi connectivity index (χ2v) is 4.19. The first-order chi connectivity index (χ1) is 8.31. The molecule has 0 amide bonds. The van der Waals surface area contributed by atoms with Gasteiger partial charge in [-0.2, -0.15) is 4.98 Å². The van der Waals surface area contributed by atoms with Crippen LogP contribution in [0.5, 0.6) is 0 Å². The van der Waals surface area contributed by atoms with Gasteiger partial charge in [-0.1, -0.05) is 0 Å². The maximum absolute atomic E-state index is 5.72. The third kappa shape index (κ3) is 3.06. The van der Waals surface area contributed by atoms with E-state index in [4.69, 9.17) is 10.5 Å². The van der Waals surface area contributed by atoms with E-state index in [2.05, 4.69) is 15.3 Å². The van der Waals surface area contributed by atoms with Crippen LogP contribution in [0.2, 0.25) is 0 Å². The van der Waals surface area contributed by atoms with Crippen LogP contribution in [-0.2, 0) is 17.6 Å². The van der Waals surface area contributed by atoms with Crippen molar-refractivity contribution < 1.29 is 4.74 Å². The molecule has 1 aromatic rings. The first-order valence-electron chi connectivity index (χ1n) is 6.28. The molecule has 0 aliphatic heterocycles. The highest BCUT2D eigenvalue weighted by Crippen LogP contribution is 2.25. The summed E-state index contributed by atoms with van der Waals surface area (Å²) in [4.78, 5) is 8.60. The molecular formula is C12H20N4O. The fraction of sp³-hybridized carbons (Fsp3) is 0.667. The Bertz CT molecular complexity index is 381. The molecular weight excluding hydrogens is 216 g/mol. The summed E-state index contributed by atoms with van der Waals surface area (Å²) in [5, 5.41) is 3.29. The van der Waals surface area contributed by atoms with Crippen molar-refractivity contribution in [3.05, 3.63) is 11.3 Å². The van der Waals surface area contributed by atoms with Crippen LogP contribution in [-0.4, -0.2) is 29.7 Å². The van der Waals surface area contributed by atoms with Crippen molar-refractivity contribution in [2.75, 3.05) is 30.8 Å². The third-order valence-electron chi connectivity index (χ3n) is 2.94. The number of nitrogens with one attached hydrogen (secondary N) is 1. The minimum Gasteiger partial charge on any atom is -0.380 e. The summed E-state index contributed by atoms with van der Waals surface area (Å²) in [7, 11) is 0. The van der Waals surface area contributed by atoms with Crippen molar-refractivity contribution >= 4 is 11.8 Å². The second kappa shape index (κ2) is 5.82. The Hall–Kier alpha value is -1.36. The van der Waals surface area contributed by atoms with E-state index in [9.17, 15) is 0 Å². The van der Waals surface area contributed by atoms with Gasteiger partial charge in [0.05, 0.1) is 12.3 Å². The fourth-order valence-corrected chi connectivity index (χ4v) is 2.15. The predicted octanol–water partition coefficient (Wildman–Crippen LogP) is 1.39. The highest BCUT2D eigenvalue weighted by Gasteiger charge is 2.16. The summed E-state index contributed by atoms with van der Waals surface area (Å²) in [6.45, 7) is 4.18. The highest BCUT2D eigenvalue weighted by atomic mass is 16.5. The Morgan fingerprint density at radius 2 is 2.12 bits per heavy atom. The quantitative estimate of drug-likeness (QED) is 0.756. The van der Waals surface area contributed by atoms with Crippen molar-refractivity contribution in [3.63, 3.8) is 0 Å². The molecule has 0 fully saturated rings. The van der Waals surface area contributed by atoms with Gasteiger partial charge in [0.1, 0.15) is 5.82 Å². The van der Waals surface area contributed by atoms with Crippen LogP contribution in [0.15, 0.2) is 0 Å². The monoisotopic (exact) mass is 236 g/mol. The van der Waals surface area contributed by atoms with Gasteiger partial charge in [-0.25, -0.2) is 4.98 Å². The molecule has 0 spiro atoms. The molecule has 5 heteroatoms. The predicted molar refractivity (Wildman–Crippen MR) is 68.1 cm³/mol. The number of ether oxygens (including phenoxy) is 1. The van der Waals surface area contributed by atoms with Crippen LogP contribution in [0, 0.1) is 0 Å². The van der Waals surface area contributed by atoms with Gasteiger partial charge in [0.15, 0.2) is 0 Å². The number of anilines is 2. The lowest BCUT2D eigenvalue weighted by atomic mass is 9.96. The van der Waals surface area contributed by atoms with E-state index in [-0.39, 0.29) is 0 Å². The van der Waals surface area contributed by atoms with Crippen molar-refractivity contribution in [1.29, 1.82) is 0 Å². The Morgan fingerprint density at radius 1 is 1.29 bits per heavy atom. The van der Waals surface area contributed by atoms with E-state index in [1.54, 1.807) is 0 Å². The van der Waals surface area contributed by atoms with E-state index >= 15 is 0 Å². The SMILES string of the molecule is CCOCCNc1nc(N)nc2c1CCCC2. The standard InChI is InChI=1S/C12H20N4O/c1-2-17-8-7-14-11-9-5-3-4-6-10(9)15-12(13)16-11/h2-8H2,1H3,(H3,13,14,15,16). The zero-order chi connectivity index (χ0) is 12.1. The van der Waals surface area contributed by atoms with Gasteiger partial charge in [0, 0.05) is 18.7 Å². The third-order valence-corrected chi connectivity index (χ3v) is 2.94. The molecule has 1 aromatic heterocycles. The summed E-state index contributed by atoms with van der Waals surface area (Å²) in [6, 6.07) is 0. The number of nitrogen functional groups attached to an aromatic ring is 1. The minimum absolute atomic E-state index is 0.365. The number of aryl methyl sites for hydroxylation is 1. The molecule has 17 heavy (non-hydrogen) atoms. The van der Waals surface area contributed by atoms with Crippen LogP contribution in [0.1, 0.15) is 31.0 Å². The van der Waals surface area contributed by atoms with Gasteiger partial charge in [-0.15, -0.1) is 0 Å². The maximum atomic E-state index is 5.72. The number of rotatable bonds is 5. The molecule has 2 rings (SSSR count). The first kappa shape index (κ1) is 12.1. The average Bonchev–Trinajstić information content (AvgIpc) is 2.34. The lowest BCUT2D eigenvalue weighted by Crippen LogP contribution is -2.17. The Kier molecular flexibility index (Phi) is 4.14. The lowest BCUT2D eigenvalue weighted by molar-refractivity contribution is 0.158. The minimum atomic E-state index is 0.365. The molecule has 0 radical (unpaired) electrons. The summed E-state index contributed by atoms with van der Waals surface area (Å²) < 4.78 is 5.29. The largest absolute Gasteiger partial charge is 0.380 e. The molecule has 0 saturated heterocycles. The van der Waals surface area contributed by atoms with Crippen molar-refractivity contribution in [2.24, 2.45) is 0 Å². The molecule has 0 bridgehead atoms. The molecule has 0 atom stereocenters. The van der Waals surface area contributed by atoms with E-state index in [0.717, 1.165) is 37.5 Å². The van der Waals surface area contributed by atoms with Crippen molar-refractivity contribution in [1.82, 2.24) is 9.97 Å². The van der Waals surface area contributed by atoms with Gasteiger partial charge >= 0.3 is 0 Å². The van der Waals surface area contributed by atoms with E-state index < -0.39 is 0 Å². The molecule has 94 valence electrons. The molecule has 5 nitrogen and oxygen atoms in total. The van der Waals surface area contributed by atoms with E-state index in [0.29, 0.717) is 12.6 Å². The van der Waals surface area contributed by atoms with Gasteiger partial charge < -0.3 is 15.8 Å². The zero-order valence-corrected chi connectivity index (χ0v) is 10.3. The summed E-state index contributed by atoms with van der Waals surface area (Å²) in [5.74, 6) is 1.26. The first-order valence-corrected chi connectivity index (χ1v) is 6.28. The normalized spacial score (nSPS) is 14.4. The molecule has 0 unspecified atom stereocenters. The van der Waals surface area contributed by atoms with E-state index in [1.165, 1.54) is 18.4 Å². The number of nitrogens with zero attached hydrogens (tertiary/aromatic N) is 2. The fourth-order valence-electron chi connectivity index (χ4n) is 2.15. The highest BCUT2D eigenvalue weighted by molar-refractivity contribution is 5.50. The van der Waals surface area contributed by atoms with Gasteiger partial charge in [-0.05, 0) is 32.6 Å². The number of aromatic nitrogens is 2. The van der Waals surface area contributed by atoms with Crippen LogP contribution >= 0.6 is 0 Å². The van der Waals surface area contributed by atoms with Crippen LogP contribution in [0.3, 0.4) is 0 Å². The lowest BCUT2D eigenvalue weighted by Gasteiger charge is -2.18. The summed E-state index contributed by atoms with van der Waals surface area (Å²) >= 11 is 0. The Labute approximate surface area is 102 Å². The zero-order valence-electron chi connectivity index (χ0n) is 10.3. The van der Waals surface area contributed by atoms with Gasteiger partial charge in [0.25, 0.3) is 0 Å². The number of nitrogens with two attached hydrogens (primary N) is 1. The second-order valence-electron chi connectivity index (χ2n) is 4.19.